The van der Waals surface area contributed by atoms with Gasteiger partial charge in [-0.15, -0.1) is 0 Å². The Balaban J connectivity index is 1.55. The van der Waals surface area contributed by atoms with Crippen LogP contribution < -0.4 is 4.90 Å². The van der Waals surface area contributed by atoms with Crippen molar-refractivity contribution in [2.45, 2.75) is 122 Å². The number of benzene rings is 2. The number of likely N-dealkylation sites (N-methyl/N-ethyl adjacent to an activating group) is 2. The van der Waals surface area contributed by atoms with Crippen molar-refractivity contribution in [1.82, 2.24) is 9.80 Å². The molecule has 1 heterocycles. The lowest BCUT2D eigenvalue weighted by atomic mass is 9.99. The smallest absolute Gasteiger partial charge is 0.410 e. The summed E-state index contributed by atoms with van der Waals surface area (Å²) in [6, 6.07) is 14.4. The number of ether oxygens (including phenoxy) is 5. The molecule has 2 aromatic carbocycles. The highest BCUT2D eigenvalue weighted by Gasteiger charge is 2.42. The van der Waals surface area contributed by atoms with E-state index in [9.17, 15) is 24.0 Å². The molecule has 4 atom stereocenters. The fourth-order valence-electron chi connectivity index (χ4n) is 6.35. The Kier molecular flexibility index (Phi) is 15.9. The van der Waals surface area contributed by atoms with Gasteiger partial charge in [-0.1, -0.05) is 55.3 Å². The largest absolute Gasteiger partial charge is 0.458 e. The fraction of sp³-hybridized carbons (Fsp3) is 0.605. The van der Waals surface area contributed by atoms with Gasteiger partial charge < -0.3 is 33.5 Å². The molecule has 1 aliphatic carbocycles. The van der Waals surface area contributed by atoms with Crippen LogP contribution in [0.4, 0.5) is 14.9 Å². The summed E-state index contributed by atoms with van der Waals surface area (Å²) >= 11 is 0. The van der Waals surface area contributed by atoms with Crippen molar-refractivity contribution in [3.8, 4) is 0 Å². The summed E-state index contributed by atoms with van der Waals surface area (Å²) in [4.78, 5) is 72.5. The van der Waals surface area contributed by atoms with Crippen LogP contribution in [0, 0.1) is 5.92 Å². The summed E-state index contributed by atoms with van der Waals surface area (Å²) in [6.45, 7) is 11.8. The number of anilines is 1. The zero-order valence-corrected chi connectivity index (χ0v) is 34.7. The minimum Gasteiger partial charge on any atom is -0.458 e. The molecule has 0 spiro atoms. The van der Waals surface area contributed by atoms with E-state index in [2.05, 4.69) is 4.90 Å². The standard InChI is InChI=1S/C43H60FN3O10/c1-29(38(49)54-28-32-12-10-9-11-13-32)55-39(50)34(26-31-14-15-31)45(7)37(48)36(21-18-30-16-19-33(20-17-30)47-22-24-53-25-23-47)56-40(51)35(27-43(5,6)44)46(8)41(52)57-42(2,3)4/h9-13,16-17,19-20,29,31,34-36H,14-15,18,21-28H2,1-8H3/t29-,34+,35+,36-/m1/s1. The molecular formula is C43H60FN3O10. The minimum atomic E-state index is -1.91. The van der Waals surface area contributed by atoms with Gasteiger partial charge in [0.15, 0.2) is 12.2 Å². The number of aryl methyl sites for hydroxylation is 1. The van der Waals surface area contributed by atoms with Gasteiger partial charge in [0.1, 0.15) is 30.0 Å². The molecule has 2 fully saturated rings. The lowest BCUT2D eigenvalue weighted by molar-refractivity contribution is -0.174. The van der Waals surface area contributed by atoms with E-state index in [1.165, 1.54) is 39.8 Å². The van der Waals surface area contributed by atoms with Gasteiger partial charge in [0.05, 0.1) is 13.2 Å². The van der Waals surface area contributed by atoms with Crippen molar-refractivity contribution < 1.29 is 52.0 Å². The molecule has 2 amide bonds. The number of hydrogen-bond acceptors (Lipinski definition) is 11. The van der Waals surface area contributed by atoms with Crippen molar-refractivity contribution in [1.29, 1.82) is 0 Å². The van der Waals surface area contributed by atoms with Crippen LogP contribution in [-0.4, -0.2) is 116 Å². The molecule has 0 bridgehead atoms. The Labute approximate surface area is 336 Å². The lowest BCUT2D eigenvalue weighted by Gasteiger charge is -2.34. The van der Waals surface area contributed by atoms with Gasteiger partial charge in [-0.2, -0.15) is 0 Å². The fourth-order valence-corrected chi connectivity index (χ4v) is 6.35. The molecule has 0 radical (unpaired) electrons. The number of rotatable bonds is 18. The number of halogens is 1. The molecule has 4 rings (SSSR count). The maximum absolute atomic E-state index is 15.2. The summed E-state index contributed by atoms with van der Waals surface area (Å²) in [5.41, 5.74) is -0.138. The summed E-state index contributed by atoms with van der Waals surface area (Å²) in [7, 11) is 2.75. The highest BCUT2D eigenvalue weighted by Crippen LogP contribution is 2.35. The van der Waals surface area contributed by atoms with E-state index < -0.39 is 71.9 Å². The third-order valence-electron chi connectivity index (χ3n) is 9.83. The van der Waals surface area contributed by atoms with Gasteiger partial charge in [0, 0.05) is 39.3 Å². The molecule has 13 nitrogen and oxygen atoms in total. The maximum Gasteiger partial charge on any atom is 0.410 e. The average Bonchev–Trinajstić information content (AvgIpc) is 4.00. The zero-order chi connectivity index (χ0) is 41.9. The van der Waals surface area contributed by atoms with E-state index in [0.717, 1.165) is 47.6 Å². The first kappa shape index (κ1) is 45.0. The molecule has 0 unspecified atom stereocenters. The lowest BCUT2D eigenvalue weighted by Crippen LogP contribution is -2.52. The number of carbonyl (C=O) groups is 5. The van der Waals surface area contributed by atoms with Crippen molar-refractivity contribution in [3.63, 3.8) is 0 Å². The Bertz CT molecular complexity index is 1650. The summed E-state index contributed by atoms with van der Waals surface area (Å²) in [6.07, 6.45) is -1.67. The Morgan fingerprint density at radius 3 is 2.02 bits per heavy atom. The van der Waals surface area contributed by atoms with Crippen molar-refractivity contribution in [2.24, 2.45) is 5.92 Å². The highest BCUT2D eigenvalue weighted by molar-refractivity contribution is 5.90. The Morgan fingerprint density at radius 1 is 0.825 bits per heavy atom. The molecule has 2 aliphatic rings. The predicted octanol–water partition coefficient (Wildman–Crippen LogP) is 6.04. The third kappa shape index (κ3) is 14.6. The second kappa shape index (κ2) is 20.1. The van der Waals surface area contributed by atoms with Crippen molar-refractivity contribution in [3.05, 3.63) is 65.7 Å². The zero-order valence-electron chi connectivity index (χ0n) is 34.7. The SMILES string of the molecule is C[C@@H](OC(=O)[C@H](CC1CC1)N(C)C(=O)[C@@H](CCc1ccc(N2CCOCC2)cc1)OC(=O)[C@H](CC(C)(C)F)N(C)C(=O)OC(C)(C)C)C(=O)OCc1ccccc1. The van der Waals surface area contributed by atoms with Crippen LogP contribution in [0.1, 0.15) is 84.8 Å². The van der Waals surface area contributed by atoms with Gasteiger partial charge >= 0.3 is 24.0 Å². The number of alkyl halides is 1. The van der Waals surface area contributed by atoms with E-state index >= 15 is 4.39 Å². The first-order valence-corrected chi connectivity index (χ1v) is 19.8. The number of esters is 3. The summed E-state index contributed by atoms with van der Waals surface area (Å²) in [5.74, 6) is -3.07. The second-order valence-corrected chi connectivity index (χ2v) is 16.6. The van der Waals surface area contributed by atoms with E-state index in [0.29, 0.717) is 19.6 Å². The number of hydrogen-bond donors (Lipinski definition) is 0. The second-order valence-electron chi connectivity index (χ2n) is 16.6. The predicted molar refractivity (Wildman–Crippen MR) is 211 cm³/mol. The molecule has 1 aliphatic heterocycles. The van der Waals surface area contributed by atoms with E-state index in [-0.39, 0.29) is 25.4 Å². The normalized spacial score (nSPS) is 16.7. The molecule has 0 aromatic heterocycles. The van der Waals surface area contributed by atoms with Crippen LogP contribution in [0.2, 0.25) is 0 Å². The van der Waals surface area contributed by atoms with Crippen LogP contribution in [0.15, 0.2) is 54.6 Å². The molecular weight excluding hydrogens is 737 g/mol. The first-order chi connectivity index (χ1) is 26.8. The monoisotopic (exact) mass is 797 g/mol. The Hall–Kier alpha value is -4.72. The van der Waals surface area contributed by atoms with Crippen LogP contribution >= 0.6 is 0 Å². The Morgan fingerprint density at radius 2 is 1.44 bits per heavy atom. The summed E-state index contributed by atoms with van der Waals surface area (Å²) < 4.78 is 43.0. The van der Waals surface area contributed by atoms with Gasteiger partial charge in [-0.25, -0.2) is 23.6 Å². The molecule has 0 N–H and O–H groups in total. The van der Waals surface area contributed by atoms with Gasteiger partial charge in [0.25, 0.3) is 5.91 Å². The van der Waals surface area contributed by atoms with Gasteiger partial charge in [0.2, 0.25) is 0 Å². The molecule has 1 saturated heterocycles. The molecule has 314 valence electrons. The van der Waals surface area contributed by atoms with E-state index in [1.807, 2.05) is 42.5 Å². The van der Waals surface area contributed by atoms with Gasteiger partial charge in [-0.05, 0) is 90.0 Å². The highest BCUT2D eigenvalue weighted by atomic mass is 19.1. The first-order valence-electron chi connectivity index (χ1n) is 19.8. The van der Waals surface area contributed by atoms with Crippen LogP contribution in [0.3, 0.4) is 0 Å². The van der Waals surface area contributed by atoms with Crippen LogP contribution in [0.25, 0.3) is 0 Å². The molecule has 2 aromatic rings. The number of carbonyl (C=O) groups excluding carboxylic acids is 5. The maximum atomic E-state index is 15.2. The third-order valence-corrected chi connectivity index (χ3v) is 9.83. The van der Waals surface area contributed by atoms with E-state index in [1.54, 1.807) is 32.9 Å². The quantitative estimate of drug-likeness (QED) is 0.129. The van der Waals surface area contributed by atoms with E-state index in [4.69, 9.17) is 23.7 Å². The topological polar surface area (TPSA) is 141 Å². The van der Waals surface area contributed by atoms with Crippen molar-refractivity contribution >= 4 is 35.6 Å². The average molecular weight is 798 g/mol. The van der Waals surface area contributed by atoms with Crippen molar-refractivity contribution in [2.75, 3.05) is 45.3 Å². The van der Waals surface area contributed by atoms with Gasteiger partial charge in [-0.3, -0.25) is 9.69 Å². The molecule has 1 saturated carbocycles. The number of morpholine rings is 1. The summed E-state index contributed by atoms with van der Waals surface area (Å²) in [5, 5.41) is 0. The minimum absolute atomic E-state index is 0.00184. The molecule has 57 heavy (non-hydrogen) atoms. The van der Waals surface area contributed by atoms with Crippen LogP contribution in [-0.2, 0) is 55.9 Å². The molecule has 14 heteroatoms. The number of nitrogens with zero attached hydrogens (tertiary/aromatic N) is 3. The number of amides is 2. The van der Waals surface area contributed by atoms with Crippen LogP contribution in [0.5, 0.6) is 0 Å².